The van der Waals surface area contributed by atoms with Crippen molar-refractivity contribution in [1.29, 1.82) is 0 Å². The number of nitrogens with one attached hydrogen (secondary N) is 1. The lowest BCUT2D eigenvalue weighted by Gasteiger charge is -2.25. The Balaban J connectivity index is 2.04. The largest absolute Gasteiger partial charge is 0.417 e. The van der Waals surface area contributed by atoms with Crippen LogP contribution in [0, 0.1) is 5.41 Å². The molecule has 3 aromatic rings. The van der Waals surface area contributed by atoms with E-state index in [1.54, 1.807) is 13.8 Å². The van der Waals surface area contributed by atoms with Crippen LogP contribution in [0.4, 0.5) is 13.2 Å². The second-order valence-corrected chi connectivity index (χ2v) is 7.51. The van der Waals surface area contributed by atoms with Gasteiger partial charge in [0.15, 0.2) is 11.5 Å². The van der Waals surface area contributed by atoms with Crippen LogP contribution in [0.25, 0.3) is 5.65 Å². The van der Waals surface area contributed by atoms with Crippen molar-refractivity contribution in [3.05, 3.63) is 65.6 Å². The Bertz CT molecular complexity index is 998. The average Bonchev–Trinajstić information content (AvgIpc) is 3.10. The Hall–Kier alpha value is -2.94. The fraction of sp³-hybridized carbons (Fsp3) is 0.350. The van der Waals surface area contributed by atoms with Crippen molar-refractivity contribution in [3.63, 3.8) is 0 Å². The lowest BCUT2D eigenvalue weighted by Crippen LogP contribution is -2.44. The maximum absolute atomic E-state index is 13.2. The molecule has 1 atom stereocenters. The zero-order chi connectivity index (χ0) is 21.2. The molecule has 1 amide bonds. The van der Waals surface area contributed by atoms with Gasteiger partial charge in [-0.3, -0.25) is 9.20 Å². The maximum Gasteiger partial charge on any atom is 0.417 e. The Morgan fingerprint density at radius 3 is 2.45 bits per heavy atom. The summed E-state index contributed by atoms with van der Waals surface area (Å²) in [6.07, 6.45) is -3.22. The van der Waals surface area contributed by atoms with Crippen LogP contribution < -0.4 is 11.1 Å². The molecule has 0 radical (unpaired) electrons. The van der Waals surface area contributed by atoms with E-state index in [-0.39, 0.29) is 23.9 Å². The fourth-order valence-electron chi connectivity index (χ4n) is 2.82. The molecule has 2 aromatic heterocycles. The number of fused-ring (bicyclic) bond motifs is 1. The second kappa shape index (κ2) is 7.82. The monoisotopic (exact) mass is 405 g/mol. The summed E-state index contributed by atoms with van der Waals surface area (Å²) in [4.78, 5) is 12.7. The standard InChI is InChI=1S/C20H22F3N5O/c1-19(2,12-24)18(29)25-15(10-13-6-4-3-5-7-13)17-27-26-16-9-8-14(11-28(16)17)20(21,22)23/h3-9,11,15H,10,12,24H2,1-2H3,(H,25,29)/t15-/m1/s1. The van der Waals surface area contributed by atoms with Gasteiger partial charge in [-0.15, -0.1) is 10.2 Å². The Morgan fingerprint density at radius 1 is 1.14 bits per heavy atom. The smallest absolute Gasteiger partial charge is 0.345 e. The molecule has 0 spiro atoms. The summed E-state index contributed by atoms with van der Waals surface area (Å²) in [6.45, 7) is 3.52. The highest BCUT2D eigenvalue weighted by Gasteiger charge is 2.33. The van der Waals surface area contributed by atoms with Crippen molar-refractivity contribution in [2.45, 2.75) is 32.5 Å². The molecule has 0 bridgehead atoms. The number of nitrogens with two attached hydrogens (primary N) is 1. The number of halogens is 3. The molecule has 2 heterocycles. The third-order valence-electron chi connectivity index (χ3n) is 4.78. The Kier molecular flexibility index (Phi) is 5.61. The molecule has 0 aliphatic rings. The molecule has 29 heavy (non-hydrogen) atoms. The summed E-state index contributed by atoms with van der Waals surface area (Å²) in [6, 6.07) is 10.8. The van der Waals surface area contributed by atoms with Crippen LogP contribution >= 0.6 is 0 Å². The molecule has 6 nitrogen and oxygen atoms in total. The van der Waals surface area contributed by atoms with Gasteiger partial charge in [-0.1, -0.05) is 30.3 Å². The number of carbonyl (C=O) groups is 1. The minimum Gasteiger partial charge on any atom is -0.345 e. The maximum atomic E-state index is 13.2. The van der Waals surface area contributed by atoms with Gasteiger partial charge in [-0.2, -0.15) is 13.2 Å². The quantitative estimate of drug-likeness (QED) is 0.660. The molecule has 0 saturated heterocycles. The molecule has 0 aliphatic carbocycles. The zero-order valence-electron chi connectivity index (χ0n) is 16.1. The van der Waals surface area contributed by atoms with Crippen LogP contribution in [0.15, 0.2) is 48.7 Å². The Labute approximate surface area is 165 Å². The first-order valence-corrected chi connectivity index (χ1v) is 9.08. The molecular weight excluding hydrogens is 383 g/mol. The number of pyridine rings is 1. The van der Waals surface area contributed by atoms with Gasteiger partial charge in [0.2, 0.25) is 5.91 Å². The third kappa shape index (κ3) is 4.56. The van der Waals surface area contributed by atoms with Gasteiger partial charge in [0, 0.05) is 12.7 Å². The molecule has 0 unspecified atom stereocenters. The van der Waals surface area contributed by atoms with Gasteiger partial charge in [-0.05, 0) is 38.0 Å². The highest BCUT2D eigenvalue weighted by molar-refractivity contribution is 5.82. The molecule has 0 aliphatic heterocycles. The van der Waals surface area contributed by atoms with Crippen LogP contribution in [0.3, 0.4) is 0 Å². The summed E-state index contributed by atoms with van der Waals surface area (Å²) in [5.74, 6) is -0.0965. The van der Waals surface area contributed by atoms with Gasteiger partial charge >= 0.3 is 6.18 Å². The molecule has 9 heteroatoms. The molecule has 3 N–H and O–H groups in total. The number of amides is 1. The predicted molar refractivity (Wildman–Crippen MR) is 102 cm³/mol. The van der Waals surface area contributed by atoms with E-state index in [1.165, 1.54) is 10.5 Å². The van der Waals surface area contributed by atoms with Crippen LogP contribution in [0.2, 0.25) is 0 Å². The lowest BCUT2D eigenvalue weighted by atomic mass is 9.91. The third-order valence-corrected chi connectivity index (χ3v) is 4.78. The van der Waals surface area contributed by atoms with E-state index in [9.17, 15) is 18.0 Å². The van der Waals surface area contributed by atoms with E-state index in [4.69, 9.17) is 5.73 Å². The molecule has 154 valence electrons. The minimum atomic E-state index is -4.50. The lowest BCUT2D eigenvalue weighted by molar-refractivity contribution is -0.138. The summed E-state index contributed by atoms with van der Waals surface area (Å²) >= 11 is 0. The van der Waals surface area contributed by atoms with Gasteiger partial charge in [-0.25, -0.2) is 0 Å². The normalized spacial score (nSPS) is 13.4. The van der Waals surface area contributed by atoms with E-state index in [2.05, 4.69) is 15.5 Å². The number of hydrogen-bond acceptors (Lipinski definition) is 4. The minimum absolute atomic E-state index is 0.121. The molecule has 1 aromatic carbocycles. The fourth-order valence-corrected chi connectivity index (χ4v) is 2.82. The first-order chi connectivity index (χ1) is 13.6. The summed E-state index contributed by atoms with van der Waals surface area (Å²) < 4.78 is 40.8. The van der Waals surface area contributed by atoms with E-state index in [0.29, 0.717) is 6.42 Å². The number of benzene rings is 1. The Morgan fingerprint density at radius 2 is 1.83 bits per heavy atom. The molecule has 0 fully saturated rings. The van der Waals surface area contributed by atoms with Gasteiger partial charge in [0.25, 0.3) is 0 Å². The highest BCUT2D eigenvalue weighted by Crippen LogP contribution is 2.30. The van der Waals surface area contributed by atoms with Crippen molar-refractivity contribution in [3.8, 4) is 0 Å². The summed E-state index contributed by atoms with van der Waals surface area (Å²) in [5, 5.41) is 10.9. The second-order valence-electron chi connectivity index (χ2n) is 7.51. The van der Waals surface area contributed by atoms with Crippen molar-refractivity contribution in [2.24, 2.45) is 11.1 Å². The van der Waals surface area contributed by atoms with Crippen LogP contribution in [-0.2, 0) is 17.4 Å². The van der Waals surface area contributed by atoms with Crippen LogP contribution in [-0.4, -0.2) is 27.0 Å². The number of hydrogen-bond donors (Lipinski definition) is 2. The number of alkyl halides is 3. The first-order valence-electron chi connectivity index (χ1n) is 9.08. The summed E-state index contributed by atoms with van der Waals surface area (Å²) in [5.41, 5.74) is 5.19. The molecular formula is C20H22F3N5O. The first kappa shape index (κ1) is 20.8. The van der Waals surface area contributed by atoms with Gasteiger partial charge in [0.05, 0.1) is 17.0 Å². The van der Waals surface area contributed by atoms with E-state index >= 15 is 0 Å². The van der Waals surface area contributed by atoms with E-state index in [1.807, 2.05) is 30.3 Å². The van der Waals surface area contributed by atoms with Crippen molar-refractivity contribution in [1.82, 2.24) is 19.9 Å². The topological polar surface area (TPSA) is 85.3 Å². The number of rotatable bonds is 6. The van der Waals surface area contributed by atoms with E-state index < -0.39 is 23.2 Å². The van der Waals surface area contributed by atoms with Crippen molar-refractivity contribution >= 4 is 11.6 Å². The number of nitrogens with zero attached hydrogens (tertiary/aromatic N) is 3. The number of carbonyl (C=O) groups excluding carboxylic acids is 1. The molecule has 0 saturated carbocycles. The summed E-state index contributed by atoms with van der Waals surface area (Å²) in [7, 11) is 0. The SMILES string of the molecule is CC(C)(CN)C(=O)N[C@H](Cc1ccccc1)c1nnc2ccc(C(F)(F)F)cn12. The van der Waals surface area contributed by atoms with Crippen molar-refractivity contribution in [2.75, 3.05) is 6.54 Å². The van der Waals surface area contributed by atoms with Gasteiger partial charge < -0.3 is 11.1 Å². The van der Waals surface area contributed by atoms with Gasteiger partial charge in [0.1, 0.15) is 0 Å². The van der Waals surface area contributed by atoms with Crippen LogP contribution in [0.1, 0.15) is 36.8 Å². The zero-order valence-corrected chi connectivity index (χ0v) is 16.1. The average molecular weight is 405 g/mol. The van der Waals surface area contributed by atoms with E-state index in [0.717, 1.165) is 17.8 Å². The number of aromatic nitrogens is 3. The highest BCUT2D eigenvalue weighted by atomic mass is 19.4. The molecule has 3 rings (SSSR count). The van der Waals surface area contributed by atoms with Crippen LogP contribution in [0.5, 0.6) is 0 Å². The van der Waals surface area contributed by atoms with Crippen molar-refractivity contribution < 1.29 is 18.0 Å². The predicted octanol–water partition coefficient (Wildman–Crippen LogP) is 3.13.